The van der Waals surface area contributed by atoms with Gasteiger partial charge in [0.05, 0.1) is 32.8 Å². The van der Waals surface area contributed by atoms with Gasteiger partial charge in [0.2, 0.25) is 0 Å². The fraction of sp³-hybridized carbons (Fsp3) is 0.818. The molecule has 0 rings (SSSR count). The van der Waals surface area contributed by atoms with Gasteiger partial charge in [0.15, 0.2) is 0 Å². The van der Waals surface area contributed by atoms with Crippen LogP contribution in [0.1, 0.15) is 12.8 Å². The van der Waals surface area contributed by atoms with Crippen LogP contribution in [0.2, 0.25) is 0 Å². The number of carbonyl (C=O) groups is 2. The van der Waals surface area contributed by atoms with Crippen molar-refractivity contribution in [1.29, 1.82) is 0 Å². The summed E-state index contributed by atoms with van der Waals surface area (Å²) in [6, 6.07) is 0. The number of hydrogen-bond donors (Lipinski definition) is 1. The number of rotatable bonds is 11. The van der Waals surface area contributed by atoms with E-state index in [4.69, 9.17) is 5.73 Å². The van der Waals surface area contributed by atoms with Gasteiger partial charge in [-0.15, -0.1) is 0 Å². The normalized spacial score (nSPS) is 16.3. The lowest BCUT2D eigenvalue weighted by atomic mass is 9.81. The van der Waals surface area contributed by atoms with Gasteiger partial charge in [-0.25, -0.2) is 0 Å². The van der Waals surface area contributed by atoms with Crippen LogP contribution < -0.4 is 5.73 Å². The molecule has 0 aromatic heterocycles. The maximum atomic E-state index is 11.9. The predicted molar refractivity (Wildman–Crippen MR) is 79.3 cm³/mol. The van der Waals surface area contributed by atoms with Crippen LogP contribution in [-0.4, -0.2) is 67.5 Å². The molecule has 2 atom stereocenters. The molecule has 2 unspecified atom stereocenters. The molecule has 136 valence electrons. The molecule has 0 heterocycles. The minimum atomic E-state index is -3.75. The van der Waals surface area contributed by atoms with E-state index in [1.54, 1.807) is 0 Å². The molecule has 0 aliphatic rings. The second kappa shape index (κ2) is 8.68. The van der Waals surface area contributed by atoms with Crippen LogP contribution in [0.5, 0.6) is 0 Å². The van der Waals surface area contributed by atoms with Crippen LogP contribution in [0, 0.1) is 5.92 Å². The van der Waals surface area contributed by atoms with E-state index in [9.17, 15) is 26.4 Å². The summed E-state index contributed by atoms with van der Waals surface area (Å²) >= 11 is 0. The Morgan fingerprint density at radius 2 is 1.61 bits per heavy atom. The van der Waals surface area contributed by atoms with E-state index in [0.29, 0.717) is 6.29 Å². The average molecular weight is 375 g/mol. The molecule has 0 spiro atoms. The SMILES string of the molecule is COC(=O)C(N)(CCOS(C)(=O)=O)C(C=O)CCOS(C)(=O)=O. The van der Waals surface area contributed by atoms with Crippen molar-refractivity contribution >= 4 is 32.5 Å². The summed E-state index contributed by atoms with van der Waals surface area (Å²) in [7, 11) is -6.41. The van der Waals surface area contributed by atoms with Crippen LogP contribution in [0.15, 0.2) is 0 Å². The Labute approximate surface area is 135 Å². The monoisotopic (exact) mass is 375 g/mol. The Morgan fingerprint density at radius 3 is 2.00 bits per heavy atom. The number of methoxy groups -OCH3 is 1. The lowest BCUT2D eigenvalue weighted by Gasteiger charge is -2.31. The number of carbonyl (C=O) groups excluding carboxylic acids is 2. The highest BCUT2D eigenvalue weighted by atomic mass is 32.2. The summed E-state index contributed by atoms with van der Waals surface area (Å²) in [5.41, 5.74) is 4.03. The minimum Gasteiger partial charge on any atom is -0.468 e. The zero-order chi connectivity index (χ0) is 18.3. The van der Waals surface area contributed by atoms with Gasteiger partial charge in [-0.05, 0) is 6.42 Å². The van der Waals surface area contributed by atoms with Gasteiger partial charge < -0.3 is 15.3 Å². The molecular formula is C11H21NO9S2. The lowest BCUT2D eigenvalue weighted by Crippen LogP contribution is -2.56. The Morgan fingerprint density at radius 1 is 1.13 bits per heavy atom. The Bertz CT molecular complexity index is 613. The van der Waals surface area contributed by atoms with Crippen LogP contribution in [0.4, 0.5) is 0 Å². The first-order valence-corrected chi connectivity index (χ1v) is 10.0. The molecule has 0 aromatic carbocycles. The van der Waals surface area contributed by atoms with Crippen LogP contribution in [-0.2, 0) is 42.9 Å². The van der Waals surface area contributed by atoms with E-state index < -0.39 is 44.3 Å². The van der Waals surface area contributed by atoms with E-state index in [-0.39, 0.29) is 19.4 Å². The van der Waals surface area contributed by atoms with E-state index >= 15 is 0 Å². The van der Waals surface area contributed by atoms with Gasteiger partial charge in [0, 0.05) is 12.3 Å². The van der Waals surface area contributed by atoms with Crippen molar-refractivity contribution in [2.45, 2.75) is 18.4 Å². The smallest absolute Gasteiger partial charge is 0.326 e. The average Bonchev–Trinajstić information content (AvgIpc) is 2.39. The van der Waals surface area contributed by atoms with E-state index in [1.165, 1.54) is 0 Å². The summed E-state index contributed by atoms with van der Waals surface area (Å²) in [6.07, 6.45) is 1.51. The first-order chi connectivity index (χ1) is 10.4. The summed E-state index contributed by atoms with van der Waals surface area (Å²) in [5, 5.41) is 0. The number of esters is 1. The molecular weight excluding hydrogens is 354 g/mol. The third-order valence-corrected chi connectivity index (χ3v) is 4.12. The number of nitrogens with two attached hydrogens (primary N) is 1. The van der Waals surface area contributed by atoms with E-state index in [1.807, 2.05) is 0 Å². The molecule has 0 saturated heterocycles. The Balaban J connectivity index is 5.07. The third kappa shape index (κ3) is 8.37. The second-order valence-electron chi connectivity index (χ2n) is 4.87. The summed E-state index contributed by atoms with van der Waals surface area (Å²) < 4.78 is 57.3. The summed E-state index contributed by atoms with van der Waals surface area (Å²) in [6.45, 7) is -0.813. The van der Waals surface area contributed by atoms with Crippen LogP contribution in [0.25, 0.3) is 0 Å². The Kier molecular flexibility index (Phi) is 8.28. The van der Waals surface area contributed by atoms with Gasteiger partial charge in [-0.1, -0.05) is 0 Å². The van der Waals surface area contributed by atoms with E-state index in [0.717, 1.165) is 19.6 Å². The van der Waals surface area contributed by atoms with Gasteiger partial charge in [0.1, 0.15) is 11.8 Å². The Hall–Kier alpha value is -1.08. The summed E-state index contributed by atoms with van der Waals surface area (Å²) in [5.74, 6) is -2.11. The molecule has 12 heteroatoms. The van der Waals surface area contributed by atoms with Crippen molar-refractivity contribution in [2.75, 3.05) is 32.8 Å². The fourth-order valence-electron chi connectivity index (χ4n) is 1.76. The zero-order valence-electron chi connectivity index (χ0n) is 13.1. The number of hydrogen-bond acceptors (Lipinski definition) is 10. The first kappa shape index (κ1) is 21.9. The minimum absolute atomic E-state index is 0.180. The van der Waals surface area contributed by atoms with Crippen LogP contribution >= 0.6 is 0 Å². The highest BCUT2D eigenvalue weighted by molar-refractivity contribution is 7.86. The van der Waals surface area contributed by atoms with Gasteiger partial charge in [0.25, 0.3) is 20.2 Å². The molecule has 0 amide bonds. The van der Waals surface area contributed by atoms with Crippen molar-refractivity contribution in [2.24, 2.45) is 11.7 Å². The third-order valence-electron chi connectivity index (χ3n) is 2.93. The van der Waals surface area contributed by atoms with Crippen LogP contribution in [0.3, 0.4) is 0 Å². The first-order valence-electron chi connectivity index (χ1n) is 6.37. The van der Waals surface area contributed by atoms with Gasteiger partial charge in [-0.2, -0.15) is 16.8 Å². The molecule has 10 nitrogen and oxygen atoms in total. The van der Waals surface area contributed by atoms with Crippen molar-refractivity contribution in [3.63, 3.8) is 0 Å². The molecule has 0 aliphatic carbocycles. The molecule has 0 aliphatic heterocycles. The largest absolute Gasteiger partial charge is 0.468 e. The molecule has 0 bridgehead atoms. The molecule has 0 saturated carbocycles. The highest BCUT2D eigenvalue weighted by Crippen LogP contribution is 2.23. The van der Waals surface area contributed by atoms with E-state index in [2.05, 4.69) is 13.1 Å². The quantitative estimate of drug-likeness (QED) is 0.253. The molecule has 23 heavy (non-hydrogen) atoms. The maximum absolute atomic E-state index is 11.9. The topological polar surface area (TPSA) is 156 Å². The molecule has 2 N–H and O–H groups in total. The predicted octanol–water partition coefficient (Wildman–Crippen LogP) is -1.60. The van der Waals surface area contributed by atoms with Gasteiger partial charge in [-0.3, -0.25) is 13.2 Å². The van der Waals surface area contributed by atoms with Gasteiger partial charge >= 0.3 is 5.97 Å². The standard InChI is InChI=1S/C11H21NO9S2/c1-19-10(14)11(12,5-7-21-23(3,17)18)9(8-13)4-6-20-22(2,15)16/h8-9H,4-7,12H2,1-3H3. The number of ether oxygens (including phenoxy) is 1. The highest BCUT2D eigenvalue weighted by Gasteiger charge is 2.43. The van der Waals surface area contributed by atoms with Crippen molar-refractivity contribution in [3.05, 3.63) is 0 Å². The molecule has 0 fully saturated rings. The van der Waals surface area contributed by atoms with Crippen molar-refractivity contribution in [3.8, 4) is 0 Å². The molecule has 0 aromatic rings. The zero-order valence-corrected chi connectivity index (χ0v) is 14.7. The fourth-order valence-corrected chi connectivity index (χ4v) is 2.55. The maximum Gasteiger partial charge on any atom is 0.326 e. The number of aldehydes is 1. The van der Waals surface area contributed by atoms with Crippen molar-refractivity contribution in [1.82, 2.24) is 0 Å². The second-order valence-corrected chi connectivity index (χ2v) is 8.15. The summed E-state index contributed by atoms with van der Waals surface area (Å²) in [4.78, 5) is 23.1. The molecule has 0 radical (unpaired) electrons. The van der Waals surface area contributed by atoms with Crippen molar-refractivity contribution < 1.29 is 39.5 Å². The lowest BCUT2D eigenvalue weighted by molar-refractivity contribution is -0.151.